The van der Waals surface area contributed by atoms with Crippen LogP contribution in [0.2, 0.25) is 0 Å². The van der Waals surface area contributed by atoms with Crippen LogP contribution in [0.4, 0.5) is 0 Å². The molecule has 164 valence electrons. The van der Waals surface area contributed by atoms with E-state index < -0.39 is 5.97 Å². The molecule has 0 radical (unpaired) electrons. The van der Waals surface area contributed by atoms with Crippen LogP contribution in [0, 0.1) is 5.92 Å². The number of hydrogen-bond acceptors (Lipinski definition) is 3. The number of amides is 1. The minimum absolute atomic E-state index is 0.00978. The summed E-state index contributed by atoms with van der Waals surface area (Å²) in [6.45, 7) is 0. The number of fused-ring (bicyclic) bond motifs is 1. The van der Waals surface area contributed by atoms with E-state index in [1.165, 1.54) is 11.1 Å². The second-order valence-electron chi connectivity index (χ2n) is 8.42. The van der Waals surface area contributed by atoms with E-state index in [1.54, 1.807) is 18.2 Å². The Morgan fingerprint density at radius 2 is 1.52 bits per heavy atom. The summed E-state index contributed by atoms with van der Waals surface area (Å²) in [6.07, 6.45) is 5.00. The van der Waals surface area contributed by atoms with Gasteiger partial charge in [0.25, 0.3) is 5.91 Å². The fraction of sp³-hybridized carbons (Fsp3) is 0.179. The number of aromatic carboxylic acids is 1. The molecule has 1 saturated carbocycles. The van der Waals surface area contributed by atoms with Crippen LogP contribution >= 0.6 is 0 Å². The summed E-state index contributed by atoms with van der Waals surface area (Å²) in [7, 11) is 0. The zero-order chi connectivity index (χ0) is 22.8. The monoisotopic (exact) mass is 436 g/mol. The summed E-state index contributed by atoms with van der Waals surface area (Å²) in [5.74, 6) is -1.44. The standard InChI is InChI=1S/C28H24N2O3/c31-27(22-15-7-8-16-23(22)28(32)33)30-26(20-12-5-2-6-13-20)24-17-9-14-21(25(24)29-30)18-19-10-3-1-4-11-19/h1-8,10-13,15-16,18,24,26H,9,14,17H2,(H,32,33)/b21-18+/t24-,26+/m1/s1. The molecule has 1 N–H and O–H groups in total. The molecule has 1 aliphatic heterocycles. The lowest BCUT2D eigenvalue weighted by Gasteiger charge is -2.29. The lowest BCUT2D eigenvalue weighted by Crippen LogP contribution is -2.32. The van der Waals surface area contributed by atoms with E-state index in [1.807, 2.05) is 48.5 Å². The molecule has 5 heteroatoms. The molecule has 3 aromatic rings. The molecule has 1 aliphatic carbocycles. The van der Waals surface area contributed by atoms with Crippen molar-refractivity contribution in [2.75, 3.05) is 0 Å². The van der Waals surface area contributed by atoms with Gasteiger partial charge in [-0.15, -0.1) is 0 Å². The van der Waals surface area contributed by atoms with Gasteiger partial charge in [-0.05, 0) is 54.2 Å². The highest BCUT2D eigenvalue weighted by Crippen LogP contribution is 2.45. The molecule has 0 aromatic heterocycles. The highest BCUT2D eigenvalue weighted by atomic mass is 16.4. The maximum absolute atomic E-state index is 13.7. The van der Waals surface area contributed by atoms with Gasteiger partial charge >= 0.3 is 5.97 Å². The molecule has 1 heterocycles. The molecule has 0 bridgehead atoms. The number of allylic oxidation sites excluding steroid dienone is 1. The Hall–Kier alpha value is -3.99. The molecule has 0 saturated heterocycles. The van der Waals surface area contributed by atoms with E-state index in [9.17, 15) is 14.7 Å². The fourth-order valence-electron chi connectivity index (χ4n) is 4.88. The summed E-state index contributed by atoms with van der Waals surface area (Å²) in [6, 6.07) is 26.1. The smallest absolute Gasteiger partial charge is 0.336 e. The van der Waals surface area contributed by atoms with Gasteiger partial charge in [-0.1, -0.05) is 72.8 Å². The molecule has 3 aromatic carbocycles. The van der Waals surface area contributed by atoms with Gasteiger partial charge in [0.2, 0.25) is 0 Å². The quantitative estimate of drug-likeness (QED) is 0.560. The van der Waals surface area contributed by atoms with Crippen LogP contribution in [0.3, 0.4) is 0 Å². The molecule has 1 amide bonds. The van der Waals surface area contributed by atoms with Crippen molar-refractivity contribution in [1.29, 1.82) is 0 Å². The number of carboxylic acid groups (broad SMARTS) is 1. The third kappa shape index (κ3) is 3.98. The first-order chi connectivity index (χ1) is 16.1. The minimum atomic E-state index is -1.12. The maximum atomic E-state index is 13.7. The van der Waals surface area contributed by atoms with Crippen LogP contribution < -0.4 is 0 Å². The van der Waals surface area contributed by atoms with Crippen molar-refractivity contribution in [2.24, 2.45) is 11.0 Å². The van der Waals surface area contributed by atoms with Gasteiger partial charge in [0.1, 0.15) is 0 Å². The highest BCUT2D eigenvalue weighted by Gasteiger charge is 2.44. The Morgan fingerprint density at radius 3 is 2.21 bits per heavy atom. The molecule has 5 nitrogen and oxygen atoms in total. The fourth-order valence-corrected chi connectivity index (χ4v) is 4.88. The molecule has 5 rings (SSSR count). The molecule has 0 spiro atoms. The van der Waals surface area contributed by atoms with E-state index >= 15 is 0 Å². The predicted octanol–water partition coefficient (Wildman–Crippen LogP) is 5.82. The van der Waals surface area contributed by atoms with Crippen molar-refractivity contribution in [3.63, 3.8) is 0 Å². The van der Waals surface area contributed by atoms with Crippen molar-refractivity contribution >= 4 is 23.7 Å². The van der Waals surface area contributed by atoms with Gasteiger partial charge in [0.05, 0.1) is 22.9 Å². The first kappa shape index (κ1) is 20.9. The van der Waals surface area contributed by atoms with Gasteiger partial charge in [-0.3, -0.25) is 4.79 Å². The summed E-state index contributed by atoms with van der Waals surface area (Å²) in [5, 5.41) is 16.0. The Bertz CT molecular complexity index is 1250. The first-order valence-corrected chi connectivity index (χ1v) is 11.2. The zero-order valence-electron chi connectivity index (χ0n) is 18.1. The zero-order valence-corrected chi connectivity index (χ0v) is 18.1. The number of benzene rings is 3. The number of carboxylic acids is 1. The van der Waals surface area contributed by atoms with E-state index in [2.05, 4.69) is 18.2 Å². The second kappa shape index (κ2) is 8.87. The van der Waals surface area contributed by atoms with Crippen molar-refractivity contribution in [2.45, 2.75) is 25.3 Å². The third-order valence-corrected chi connectivity index (χ3v) is 6.38. The van der Waals surface area contributed by atoms with Crippen LogP contribution in [0.5, 0.6) is 0 Å². The second-order valence-corrected chi connectivity index (χ2v) is 8.42. The average molecular weight is 437 g/mol. The molecule has 1 fully saturated rings. The number of carbonyl (C=O) groups excluding carboxylic acids is 1. The molecule has 0 unspecified atom stereocenters. The van der Waals surface area contributed by atoms with Gasteiger partial charge in [0, 0.05) is 5.92 Å². The van der Waals surface area contributed by atoms with Crippen LogP contribution in [0.25, 0.3) is 6.08 Å². The number of rotatable bonds is 4. The Kier molecular flexibility index (Phi) is 5.61. The lowest BCUT2D eigenvalue weighted by molar-refractivity contribution is 0.0646. The normalized spacial score (nSPS) is 20.9. The first-order valence-electron chi connectivity index (χ1n) is 11.2. The van der Waals surface area contributed by atoms with Crippen molar-refractivity contribution in [3.8, 4) is 0 Å². The van der Waals surface area contributed by atoms with Gasteiger partial charge in [0.15, 0.2) is 0 Å². The number of nitrogens with zero attached hydrogens (tertiary/aromatic N) is 2. The Balaban J connectivity index is 1.61. The molecular weight excluding hydrogens is 412 g/mol. The summed E-state index contributed by atoms with van der Waals surface area (Å²) < 4.78 is 0. The maximum Gasteiger partial charge on any atom is 0.336 e. The van der Waals surface area contributed by atoms with Crippen LogP contribution in [-0.2, 0) is 0 Å². The summed E-state index contributed by atoms with van der Waals surface area (Å²) in [4.78, 5) is 25.5. The third-order valence-electron chi connectivity index (χ3n) is 6.38. The topological polar surface area (TPSA) is 70.0 Å². The van der Waals surface area contributed by atoms with E-state index in [0.717, 1.165) is 41.7 Å². The lowest BCUT2D eigenvalue weighted by atomic mass is 9.77. The SMILES string of the molecule is O=C(O)c1ccccc1C(=O)N1N=C2/C(=C/c3ccccc3)CCC[C@H]2[C@@H]1c1ccccc1. The average Bonchev–Trinajstić information content (AvgIpc) is 3.25. The van der Waals surface area contributed by atoms with Gasteiger partial charge in [-0.25, -0.2) is 9.80 Å². The Labute approximate surface area is 192 Å². The van der Waals surface area contributed by atoms with Crippen molar-refractivity contribution < 1.29 is 14.7 Å². The predicted molar refractivity (Wildman–Crippen MR) is 128 cm³/mol. The number of hydrazone groups is 1. The van der Waals surface area contributed by atoms with E-state index in [4.69, 9.17) is 5.10 Å². The molecule has 2 aliphatic rings. The van der Waals surface area contributed by atoms with Crippen LogP contribution in [-0.4, -0.2) is 27.7 Å². The highest BCUT2D eigenvalue weighted by molar-refractivity contribution is 6.10. The van der Waals surface area contributed by atoms with E-state index in [-0.39, 0.29) is 29.0 Å². The molecule has 33 heavy (non-hydrogen) atoms. The largest absolute Gasteiger partial charge is 0.478 e. The van der Waals surface area contributed by atoms with Crippen LogP contribution in [0.15, 0.2) is 95.6 Å². The number of hydrogen-bond donors (Lipinski definition) is 1. The van der Waals surface area contributed by atoms with Crippen molar-refractivity contribution in [3.05, 3.63) is 113 Å². The van der Waals surface area contributed by atoms with Gasteiger partial charge < -0.3 is 5.11 Å². The summed E-state index contributed by atoms with van der Waals surface area (Å²) >= 11 is 0. The summed E-state index contributed by atoms with van der Waals surface area (Å²) in [5.41, 5.74) is 4.32. The molecular formula is C28H24N2O3. The van der Waals surface area contributed by atoms with E-state index in [0.29, 0.717) is 0 Å². The Morgan fingerprint density at radius 1 is 0.879 bits per heavy atom. The van der Waals surface area contributed by atoms with Crippen LogP contribution in [0.1, 0.15) is 57.1 Å². The van der Waals surface area contributed by atoms with Crippen molar-refractivity contribution in [1.82, 2.24) is 5.01 Å². The van der Waals surface area contributed by atoms with Gasteiger partial charge in [-0.2, -0.15) is 5.10 Å². The molecule has 2 atom stereocenters. The number of carbonyl (C=O) groups is 2. The minimum Gasteiger partial charge on any atom is -0.478 e.